The molecular formula is C17H15FN2O2S. The van der Waals surface area contributed by atoms with Gasteiger partial charge in [-0.2, -0.15) is 0 Å². The summed E-state index contributed by atoms with van der Waals surface area (Å²) >= 11 is 1.34. The fraction of sp³-hybridized carbons (Fsp3) is 0.235. The van der Waals surface area contributed by atoms with E-state index in [0.29, 0.717) is 12.0 Å². The predicted octanol–water partition coefficient (Wildman–Crippen LogP) is 2.51. The second kappa shape index (κ2) is 6.91. The summed E-state index contributed by atoms with van der Waals surface area (Å²) in [5, 5.41) is 3.13. The van der Waals surface area contributed by atoms with Crippen molar-refractivity contribution in [2.45, 2.75) is 29.7 Å². The molecule has 1 aromatic heterocycles. The molecule has 0 saturated heterocycles. The van der Waals surface area contributed by atoms with Crippen LogP contribution in [-0.4, -0.2) is 21.9 Å². The molecule has 1 aromatic carbocycles. The molecule has 1 aliphatic heterocycles. The van der Waals surface area contributed by atoms with Crippen LogP contribution in [-0.2, 0) is 22.6 Å². The van der Waals surface area contributed by atoms with Crippen LogP contribution in [0.1, 0.15) is 17.5 Å². The van der Waals surface area contributed by atoms with Gasteiger partial charge in [0.15, 0.2) is 5.78 Å². The van der Waals surface area contributed by atoms with Gasteiger partial charge >= 0.3 is 0 Å². The quantitative estimate of drug-likeness (QED) is 0.936. The first kappa shape index (κ1) is 15.7. The van der Waals surface area contributed by atoms with E-state index in [4.69, 9.17) is 0 Å². The molecule has 4 nitrogen and oxygen atoms in total. The standard InChI is InChI=1S/C17H15FN2O2S/c18-13-5-1-3-11(7-13)10-20-16(22)9-15-14(21)8-12-4-2-6-19-17(12)23-15/h1-7,15H,8-10H2,(H,20,22). The van der Waals surface area contributed by atoms with Gasteiger partial charge in [-0.1, -0.05) is 30.0 Å². The Hall–Kier alpha value is -2.21. The minimum atomic E-state index is -0.412. The number of carbonyl (C=O) groups excluding carboxylic acids is 2. The van der Waals surface area contributed by atoms with Gasteiger partial charge in [0.1, 0.15) is 10.8 Å². The molecule has 2 heterocycles. The SMILES string of the molecule is O=C(CC1Sc2ncccc2CC1=O)NCc1cccc(F)c1. The fourth-order valence-electron chi connectivity index (χ4n) is 2.41. The Balaban J connectivity index is 1.57. The van der Waals surface area contributed by atoms with Gasteiger partial charge in [0, 0.05) is 25.6 Å². The third-order valence-corrected chi connectivity index (χ3v) is 4.88. The lowest BCUT2D eigenvalue weighted by molar-refractivity contribution is -0.125. The molecule has 6 heteroatoms. The lowest BCUT2D eigenvalue weighted by Gasteiger charge is -2.21. The van der Waals surface area contributed by atoms with Crippen molar-refractivity contribution in [3.05, 3.63) is 59.5 Å². The average Bonchev–Trinajstić information content (AvgIpc) is 2.54. The van der Waals surface area contributed by atoms with Crippen LogP contribution in [0, 0.1) is 5.82 Å². The Morgan fingerprint density at radius 1 is 1.35 bits per heavy atom. The molecule has 118 valence electrons. The molecule has 2 aromatic rings. The first-order valence-electron chi connectivity index (χ1n) is 7.26. The number of Topliss-reactive ketones (excluding diaryl/α,β-unsaturated/α-hetero) is 1. The molecule has 0 aliphatic carbocycles. The smallest absolute Gasteiger partial charge is 0.221 e. The summed E-state index contributed by atoms with van der Waals surface area (Å²) in [5.74, 6) is -0.520. The van der Waals surface area contributed by atoms with Crippen molar-refractivity contribution in [3.63, 3.8) is 0 Å². The average molecular weight is 330 g/mol. The fourth-order valence-corrected chi connectivity index (χ4v) is 3.54. The molecule has 1 aliphatic rings. The van der Waals surface area contributed by atoms with E-state index >= 15 is 0 Å². The Bertz CT molecular complexity index is 751. The third-order valence-electron chi connectivity index (χ3n) is 3.58. The van der Waals surface area contributed by atoms with Crippen molar-refractivity contribution in [3.8, 4) is 0 Å². The number of ketones is 1. The van der Waals surface area contributed by atoms with Crippen LogP contribution in [0.3, 0.4) is 0 Å². The monoisotopic (exact) mass is 330 g/mol. The topological polar surface area (TPSA) is 59.1 Å². The molecule has 3 rings (SSSR count). The lowest BCUT2D eigenvalue weighted by atomic mass is 10.1. The van der Waals surface area contributed by atoms with Gasteiger partial charge in [-0.3, -0.25) is 9.59 Å². The van der Waals surface area contributed by atoms with Crippen molar-refractivity contribution >= 4 is 23.5 Å². The van der Waals surface area contributed by atoms with Gasteiger partial charge < -0.3 is 5.32 Å². The van der Waals surface area contributed by atoms with Crippen molar-refractivity contribution in [1.29, 1.82) is 0 Å². The van der Waals surface area contributed by atoms with Crippen LogP contribution in [0.2, 0.25) is 0 Å². The van der Waals surface area contributed by atoms with Gasteiger partial charge in [-0.25, -0.2) is 9.37 Å². The second-order valence-corrected chi connectivity index (χ2v) is 6.52. The first-order chi connectivity index (χ1) is 11.1. The summed E-state index contributed by atoms with van der Waals surface area (Å²) in [6.45, 7) is 0.247. The number of hydrogen-bond donors (Lipinski definition) is 1. The van der Waals surface area contributed by atoms with E-state index < -0.39 is 5.25 Å². The van der Waals surface area contributed by atoms with Crippen molar-refractivity contribution < 1.29 is 14.0 Å². The molecule has 1 atom stereocenters. The van der Waals surface area contributed by atoms with Gasteiger partial charge in [0.25, 0.3) is 0 Å². The van der Waals surface area contributed by atoms with Crippen LogP contribution in [0.15, 0.2) is 47.6 Å². The maximum absolute atomic E-state index is 13.1. The van der Waals surface area contributed by atoms with E-state index in [2.05, 4.69) is 10.3 Å². The highest BCUT2D eigenvalue weighted by atomic mass is 32.2. The third kappa shape index (κ3) is 3.96. The summed E-state index contributed by atoms with van der Waals surface area (Å²) in [5.41, 5.74) is 1.60. The normalized spacial score (nSPS) is 16.7. The van der Waals surface area contributed by atoms with Gasteiger partial charge in [-0.15, -0.1) is 0 Å². The number of carbonyl (C=O) groups is 2. The Morgan fingerprint density at radius 3 is 3.04 bits per heavy atom. The minimum Gasteiger partial charge on any atom is -0.352 e. The highest BCUT2D eigenvalue weighted by Crippen LogP contribution is 2.33. The number of aromatic nitrogens is 1. The molecule has 23 heavy (non-hydrogen) atoms. The Kier molecular flexibility index (Phi) is 4.71. The highest BCUT2D eigenvalue weighted by molar-refractivity contribution is 8.00. The van der Waals surface area contributed by atoms with Crippen LogP contribution in [0.25, 0.3) is 0 Å². The first-order valence-corrected chi connectivity index (χ1v) is 8.14. The summed E-state index contributed by atoms with van der Waals surface area (Å²) in [4.78, 5) is 28.4. The molecule has 1 unspecified atom stereocenters. The van der Waals surface area contributed by atoms with E-state index in [1.807, 2.05) is 6.07 Å². The van der Waals surface area contributed by atoms with Gasteiger partial charge in [0.2, 0.25) is 5.91 Å². The van der Waals surface area contributed by atoms with Crippen LogP contribution >= 0.6 is 11.8 Å². The van der Waals surface area contributed by atoms with E-state index in [-0.39, 0.29) is 30.5 Å². The van der Waals surface area contributed by atoms with Gasteiger partial charge in [-0.05, 0) is 29.3 Å². The molecule has 1 amide bonds. The number of benzene rings is 1. The number of nitrogens with one attached hydrogen (secondary N) is 1. The summed E-state index contributed by atoms with van der Waals surface area (Å²) in [6, 6.07) is 9.75. The zero-order valence-electron chi connectivity index (χ0n) is 12.3. The van der Waals surface area contributed by atoms with Crippen molar-refractivity contribution in [2.75, 3.05) is 0 Å². The zero-order chi connectivity index (χ0) is 16.2. The number of fused-ring (bicyclic) bond motifs is 1. The van der Waals surface area contributed by atoms with Crippen LogP contribution in [0.4, 0.5) is 4.39 Å². The number of amides is 1. The molecule has 1 N–H and O–H groups in total. The zero-order valence-corrected chi connectivity index (χ0v) is 13.1. The molecule has 0 saturated carbocycles. The van der Waals surface area contributed by atoms with Crippen LogP contribution < -0.4 is 5.32 Å². The number of nitrogens with zero attached hydrogens (tertiary/aromatic N) is 1. The number of rotatable bonds is 4. The number of hydrogen-bond acceptors (Lipinski definition) is 4. The van der Waals surface area contributed by atoms with Gasteiger partial charge in [0.05, 0.1) is 5.25 Å². The molecule has 0 radical (unpaired) electrons. The van der Waals surface area contributed by atoms with E-state index in [1.165, 1.54) is 23.9 Å². The van der Waals surface area contributed by atoms with Crippen molar-refractivity contribution in [2.24, 2.45) is 0 Å². The Morgan fingerprint density at radius 2 is 2.22 bits per heavy atom. The molecule has 0 fully saturated rings. The van der Waals surface area contributed by atoms with E-state index in [9.17, 15) is 14.0 Å². The number of thioether (sulfide) groups is 1. The van der Waals surface area contributed by atoms with Crippen LogP contribution in [0.5, 0.6) is 0 Å². The lowest BCUT2D eigenvalue weighted by Crippen LogP contribution is -2.32. The summed E-state index contributed by atoms with van der Waals surface area (Å²) < 4.78 is 13.1. The molecule has 0 bridgehead atoms. The summed E-state index contributed by atoms with van der Waals surface area (Å²) in [7, 11) is 0. The van der Waals surface area contributed by atoms with Crippen molar-refractivity contribution in [1.82, 2.24) is 10.3 Å². The highest BCUT2D eigenvalue weighted by Gasteiger charge is 2.29. The predicted molar refractivity (Wildman–Crippen MR) is 85.5 cm³/mol. The Labute approximate surface area is 137 Å². The molecular weight excluding hydrogens is 315 g/mol. The second-order valence-electron chi connectivity index (χ2n) is 5.33. The minimum absolute atomic E-state index is 0.0383. The summed E-state index contributed by atoms with van der Waals surface area (Å²) in [6.07, 6.45) is 2.11. The molecule has 0 spiro atoms. The maximum atomic E-state index is 13.1. The maximum Gasteiger partial charge on any atom is 0.221 e. The number of halogens is 1. The van der Waals surface area contributed by atoms with E-state index in [0.717, 1.165) is 10.6 Å². The number of pyridine rings is 1. The largest absolute Gasteiger partial charge is 0.352 e. The van der Waals surface area contributed by atoms with E-state index in [1.54, 1.807) is 24.4 Å².